The third-order valence-electron chi connectivity index (χ3n) is 3.18. The molecule has 4 N–H and O–H groups in total. The molecule has 1 fully saturated rings. The maximum absolute atomic E-state index is 11.8. The van der Waals surface area contributed by atoms with Crippen LogP contribution in [0.15, 0.2) is 17.1 Å². The summed E-state index contributed by atoms with van der Waals surface area (Å²) in [5.74, 6) is 0.0257. The van der Waals surface area contributed by atoms with Gasteiger partial charge in [-0.15, -0.1) is 0 Å². The number of ether oxygens (including phenoxy) is 1. The van der Waals surface area contributed by atoms with E-state index in [-0.39, 0.29) is 12.2 Å². The quantitative estimate of drug-likeness (QED) is 0.595. The number of nitrogens with two attached hydrogens (primary N) is 1. The van der Waals surface area contributed by atoms with Gasteiger partial charge in [0, 0.05) is 12.6 Å². The summed E-state index contributed by atoms with van der Waals surface area (Å²) >= 11 is 0. The number of aromatic nitrogens is 2. The van der Waals surface area contributed by atoms with Crippen LogP contribution in [0.2, 0.25) is 0 Å². The third kappa shape index (κ3) is 2.08. The molecule has 0 aromatic carbocycles. The Morgan fingerprint density at radius 1 is 1.79 bits per heavy atom. The lowest BCUT2D eigenvalue weighted by Crippen LogP contribution is -2.41. The molecular weight excluding hydrogens is 252 g/mol. The lowest BCUT2D eigenvalue weighted by atomic mass is 9.94. The highest BCUT2D eigenvalue weighted by Gasteiger charge is 2.54. The highest BCUT2D eigenvalue weighted by atomic mass is 16.6. The lowest BCUT2D eigenvalue weighted by Gasteiger charge is -2.22. The molecule has 1 aliphatic heterocycles. The Labute approximate surface area is 108 Å². The van der Waals surface area contributed by atoms with E-state index in [2.05, 4.69) is 4.98 Å². The van der Waals surface area contributed by atoms with Crippen LogP contribution in [0.3, 0.4) is 0 Å². The summed E-state index contributed by atoms with van der Waals surface area (Å²) < 4.78 is 6.36. The number of nitrogens with zero attached hydrogens (tertiary/aromatic N) is 3. The van der Waals surface area contributed by atoms with Crippen LogP contribution in [0.5, 0.6) is 0 Å². The molecule has 0 bridgehead atoms. The van der Waals surface area contributed by atoms with Crippen LogP contribution >= 0.6 is 0 Å². The number of aliphatic hydroxyl groups excluding tert-OH is 1. The zero-order valence-corrected chi connectivity index (χ0v) is 10.3. The highest BCUT2D eigenvalue weighted by molar-refractivity contribution is 5.25. The van der Waals surface area contributed by atoms with Gasteiger partial charge in [0.2, 0.25) is 5.72 Å². The van der Waals surface area contributed by atoms with Gasteiger partial charge in [0.15, 0.2) is 0 Å². The van der Waals surface area contributed by atoms with Gasteiger partial charge in [-0.3, -0.25) is 4.57 Å². The van der Waals surface area contributed by atoms with Crippen LogP contribution in [0, 0.1) is 11.3 Å². The van der Waals surface area contributed by atoms with Gasteiger partial charge in [-0.25, -0.2) is 4.79 Å². The molecule has 19 heavy (non-hydrogen) atoms. The number of aliphatic hydroxyl groups is 2. The van der Waals surface area contributed by atoms with Crippen LogP contribution in [-0.4, -0.2) is 38.1 Å². The number of nitrogen functional groups attached to an aromatic ring is 1. The van der Waals surface area contributed by atoms with Crippen LogP contribution in [-0.2, 0) is 10.5 Å². The Hall–Kier alpha value is -1.95. The molecule has 0 radical (unpaired) electrons. The molecule has 0 unspecified atom stereocenters. The summed E-state index contributed by atoms with van der Waals surface area (Å²) in [6, 6.07) is 3.21. The number of anilines is 1. The predicted octanol–water partition coefficient (Wildman–Crippen LogP) is -1.47. The Balaban J connectivity index is 2.52. The monoisotopic (exact) mass is 266 g/mol. The minimum atomic E-state index is -1.70. The molecule has 0 saturated carbocycles. The topological polar surface area (TPSA) is 134 Å². The zero-order chi connectivity index (χ0) is 14.3. The molecular formula is C11H14N4O4. The van der Waals surface area contributed by atoms with Crippen LogP contribution < -0.4 is 11.4 Å². The van der Waals surface area contributed by atoms with E-state index in [9.17, 15) is 20.3 Å². The van der Waals surface area contributed by atoms with Gasteiger partial charge in [-0.1, -0.05) is 0 Å². The van der Waals surface area contributed by atoms with Crippen molar-refractivity contribution in [3.8, 4) is 6.07 Å². The standard InChI is InChI=1S/C11H14N4O4/c1-10(18)5-11(6-12,19-7(10)4-16)15-3-2-8(13)14-9(15)17/h2-3,7,16,18H,4-5H2,1H3,(H2,13,14,17)/t7-,10-,11+/m1/s1. The minimum Gasteiger partial charge on any atom is -0.394 e. The van der Waals surface area contributed by atoms with Gasteiger partial charge in [-0.05, 0) is 13.0 Å². The molecule has 102 valence electrons. The first-order valence-electron chi connectivity index (χ1n) is 5.62. The fraction of sp³-hybridized carbons (Fsp3) is 0.545. The van der Waals surface area contributed by atoms with Crippen molar-refractivity contribution in [1.29, 1.82) is 5.26 Å². The molecule has 0 spiro atoms. The maximum Gasteiger partial charge on any atom is 0.352 e. The minimum absolute atomic E-state index is 0.0257. The first kappa shape index (κ1) is 13.5. The molecule has 2 rings (SSSR count). The number of rotatable bonds is 2. The van der Waals surface area contributed by atoms with E-state index < -0.39 is 29.7 Å². The van der Waals surface area contributed by atoms with Crippen molar-refractivity contribution in [2.45, 2.75) is 30.8 Å². The Morgan fingerprint density at radius 2 is 2.47 bits per heavy atom. The number of hydrogen-bond acceptors (Lipinski definition) is 7. The summed E-state index contributed by atoms with van der Waals surface area (Å²) in [5, 5.41) is 28.6. The van der Waals surface area contributed by atoms with E-state index >= 15 is 0 Å². The van der Waals surface area contributed by atoms with Crippen molar-refractivity contribution in [3.63, 3.8) is 0 Å². The van der Waals surface area contributed by atoms with Crippen molar-refractivity contribution < 1.29 is 14.9 Å². The van der Waals surface area contributed by atoms with E-state index in [1.165, 1.54) is 19.2 Å². The van der Waals surface area contributed by atoms with Gasteiger partial charge in [0.25, 0.3) is 0 Å². The second-order valence-electron chi connectivity index (χ2n) is 4.72. The first-order valence-corrected chi connectivity index (χ1v) is 5.62. The second-order valence-corrected chi connectivity index (χ2v) is 4.72. The van der Waals surface area contributed by atoms with E-state index in [4.69, 9.17) is 10.5 Å². The summed E-state index contributed by atoms with van der Waals surface area (Å²) in [6.07, 6.45) is 0.160. The van der Waals surface area contributed by atoms with Crippen LogP contribution in [0.25, 0.3) is 0 Å². The Bertz CT molecular complexity index is 591. The summed E-state index contributed by atoms with van der Waals surface area (Å²) in [5.41, 5.74) is 1.50. The fourth-order valence-electron chi connectivity index (χ4n) is 2.19. The predicted molar refractivity (Wildman–Crippen MR) is 63.7 cm³/mol. The molecule has 1 aromatic heterocycles. The van der Waals surface area contributed by atoms with Crippen molar-refractivity contribution in [2.75, 3.05) is 12.3 Å². The van der Waals surface area contributed by atoms with E-state index in [0.29, 0.717) is 0 Å². The smallest absolute Gasteiger partial charge is 0.352 e. The largest absolute Gasteiger partial charge is 0.394 e. The molecule has 8 heteroatoms. The van der Waals surface area contributed by atoms with Gasteiger partial charge in [-0.2, -0.15) is 10.2 Å². The van der Waals surface area contributed by atoms with Crippen molar-refractivity contribution in [2.24, 2.45) is 0 Å². The average Bonchev–Trinajstić information content (AvgIpc) is 2.61. The zero-order valence-electron chi connectivity index (χ0n) is 10.3. The molecule has 2 heterocycles. The van der Waals surface area contributed by atoms with Crippen molar-refractivity contribution in [1.82, 2.24) is 9.55 Å². The Morgan fingerprint density at radius 3 is 2.95 bits per heavy atom. The van der Waals surface area contributed by atoms with E-state index in [1.54, 1.807) is 0 Å². The van der Waals surface area contributed by atoms with Crippen LogP contribution in [0.1, 0.15) is 13.3 Å². The molecule has 1 saturated heterocycles. The summed E-state index contributed by atoms with van der Waals surface area (Å²) in [6.45, 7) is 0.969. The van der Waals surface area contributed by atoms with Crippen LogP contribution in [0.4, 0.5) is 5.82 Å². The maximum atomic E-state index is 11.8. The van der Waals surface area contributed by atoms with Crippen molar-refractivity contribution >= 4 is 5.82 Å². The normalized spacial score (nSPS) is 34.1. The van der Waals surface area contributed by atoms with E-state index in [0.717, 1.165) is 4.57 Å². The molecule has 8 nitrogen and oxygen atoms in total. The van der Waals surface area contributed by atoms with Gasteiger partial charge >= 0.3 is 5.69 Å². The fourth-order valence-corrected chi connectivity index (χ4v) is 2.19. The molecule has 1 aliphatic rings. The highest BCUT2D eigenvalue weighted by Crippen LogP contribution is 2.40. The molecule has 0 aliphatic carbocycles. The molecule has 1 aromatic rings. The summed E-state index contributed by atoms with van der Waals surface area (Å²) in [4.78, 5) is 15.3. The van der Waals surface area contributed by atoms with Gasteiger partial charge < -0.3 is 20.7 Å². The van der Waals surface area contributed by atoms with Gasteiger partial charge in [0.05, 0.1) is 12.2 Å². The average molecular weight is 266 g/mol. The van der Waals surface area contributed by atoms with E-state index in [1.807, 2.05) is 6.07 Å². The van der Waals surface area contributed by atoms with Crippen molar-refractivity contribution in [3.05, 3.63) is 22.7 Å². The SMILES string of the molecule is C[C@@]1(O)C[C@](C#N)(n2ccc(N)nc2=O)O[C@@H]1CO. The lowest BCUT2D eigenvalue weighted by molar-refractivity contribution is -0.101. The number of nitriles is 1. The third-order valence-corrected chi connectivity index (χ3v) is 3.18. The first-order chi connectivity index (χ1) is 8.84. The summed E-state index contributed by atoms with van der Waals surface area (Å²) in [7, 11) is 0. The molecule has 0 amide bonds. The Kier molecular flexibility index (Phi) is 3.06. The molecule has 3 atom stereocenters. The van der Waals surface area contributed by atoms with Gasteiger partial charge in [0.1, 0.15) is 18.0 Å². The number of hydrogen-bond donors (Lipinski definition) is 3. The second kappa shape index (κ2) is 4.31.